The molecule has 8 heteroatoms. The van der Waals surface area contributed by atoms with Crippen LogP contribution in [0.25, 0.3) is 0 Å². The van der Waals surface area contributed by atoms with Crippen molar-refractivity contribution in [1.29, 1.82) is 0 Å². The molecular formula is C10H17N3O3S2. The van der Waals surface area contributed by atoms with E-state index in [1.165, 1.54) is 4.31 Å². The number of hydrogen-bond acceptors (Lipinski definition) is 4. The number of nitrogens with zero attached hydrogens (tertiary/aromatic N) is 1. The Bertz CT molecular complexity index is 463. The van der Waals surface area contributed by atoms with Crippen molar-refractivity contribution in [2.24, 2.45) is 11.7 Å². The third-order valence-electron chi connectivity index (χ3n) is 3.50. The van der Waals surface area contributed by atoms with E-state index in [-0.39, 0.29) is 28.6 Å². The molecule has 2 fully saturated rings. The second kappa shape index (κ2) is 5.10. The highest BCUT2D eigenvalue weighted by Crippen LogP contribution is 2.26. The van der Waals surface area contributed by atoms with Gasteiger partial charge < -0.3 is 11.1 Å². The number of rotatable bonds is 3. The van der Waals surface area contributed by atoms with Crippen LogP contribution in [-0.4, -0.2) is 48.5 Å². The maximum absolute atomic E-state index is 12.0. The smallest absolute Gasteiger partial charge is 0.220 e. The van der Waals surface area contributed by atoms with Gasteiger partial charge in [-0.25, -0.2) is 12.7 Å². The zero-order valence-electron chi connectivity index (χ0n) is 9.96. The lowest BCUT2D eigenvalue weighted by Gasteiger charge is -2.40. The van der Waals surface area contributed by atoms with Crippen LogP contribution >= 0.6 is 12.2 Å². The predicted octanol–water partition coefficient (Wildman–Crippen LogP) is -0.797. The van der Waals surface area contributed by atoms with Gasteiger partial charge in [-0.15, -0.1) is 0 Å². The number of sulfonamides is 1. The van der Waals surface area contributed by atoms with Gasteiger partial charge in [0.1, 0.15) is 5.75 Å². The fraction of sp³-hybridized carbons (Fsp3) is 0.800. The van der Waals surface area contributed by atoms with Gasteiger partial charge in [0, 0.05) is 25.6 Å². The van der Waals surface area contributed by atoms with E-state index in [2.05, 4.69) is 17.5 Å². The molecule has 0 aliphatic carbocycles. The lowest BCUT2D eigenvalue weighted by Crippen LogP contribution is -2.55. The van der Waals surface area contributed by atoms with E-state index in [4.69, 9.17) is 5.73 Å². The van der Waals surface area contributed by atoms with Crippen molar-refractivity contribution in [2.45, 2.75) is 25.3 Å². The molecule has 1 amide bonds. The summed E-state index contributed by atoms with van der Waals surface area (Å²) >= 11 is 4.66. The van der Waals surface area contributed by atoms with Crippen LogP contribution in [0.5, 0.6) is 0 Å². The number of amides is 1. The molecule has 2 aliphatic rings. The Hall–Kier alpha value is -0.730. The summed E-state index contributed by atoms with van der Waals surface area (Å²) in [4.78, 5) is 11.3. The highest BCUT2D eigenvalue weighted by Gasteiger charge is 2.37. The molecule has 2 rings (SSSR count). The molecule has 0 aromatic rings. The predicted molar refractivity (Wildman–Crippen MR) is 71.4 cm³/mol. The van der Waals surface area contributed by atoms with Crippen LogP contribution in [0.1, 0.15) is 19.3 Å². The second-order valence-corrected chi connectivity index (χ2v) is 7.34. The summed E-state index contributed by atoms with van der Waals surface area (Å²) in [6, 6.07) is 0.113. The van der Waals surface area contributed by atoms with Gasteiger partial charge in [-0.05, 0) is 18.8 Å². The fourth-order valence-corrected chi connectivity index (χ4v) is 4.39. The molecule has 0 bridgehead atoms. The summed E-state index contributed by atoms with van der Waals surface area (Å²) in [5.41, 5.74) is 5.30. The summed E-state index contributed by atoms with van der Waals surface area (Å²) in [5.74, 6) is -0.000206. The number of carbonyl (C=O) groups excluding carboxylic acids is 1. The number of carbonyl (C=O) groups is 1. The zero-order chi connectivity index (χ0) is 13.3. The van der Waals surface area contributed by atoms with Crippen LogP contribution in [0.2, 0.25) is 0 Å². The van der Waals surface area contributed by atoms with E-state index < -0.39 is 10.0 Å². The number of nitrogens with one attached hydrogen (secondary N) is 1. The van der Waals surface area contributed by atoms with E-state index in [1.807, 2.05) is 0 Å². The van der Waals surface area contributed by atoms with Crippen molar-refractivity contribution in [3.05, 3.63) is 0 Å². The quantitative estimate of drug-likeness (QED) is 0.664. The third-order valence-corrected chi connectivity index (χ3v) is 5.62. The van der Waals surface area contributed by atoms with Crippen LogP contribution < -0.4 is 11.1 Å². The highest BCUT2D eigenvalue weighted by atomic mass is 32.2. The van der Waals surface area contributed by atoms with Crippen LogP contribution in [0.4, 0.5) is 0 Å². The normalized spacial score (nSPS) is 29.4. The molecule has 0 spiro atoms. The first-order valence-corrected chi connectivity index (χ1v) is 7.96. The molecule has 0 radical (unpaired) electrons. The summed E-state index contributed by atoms with van der Waals surface area (Å²) in [5, 5.41) is 2.92. The van der Waals surface area contributed by atoms with Gasteiger partial charge in [0.2, 0.25) is 15.9 Å². The van der Waals surface area contributed by atoms with Gasteiger partial charge in [-0.2, -0.15) is 0 Å². The molecule has 2 saturated heterocycles. The molecule has 18 heavy (non-hydrogen) atoms. The van der Waals surface area contributed by atoms with E-state index in [9.17, 15) is 13.2 Å². The van der Waals surface area contributed by atoms with Gasteiger partial charge >= 0.3 is 0 Å². The van der Waals surface area contributed by atoms with Crippen LogP contribution in [-0.2, 0) is 14.8 Å². The minimum Gasteiger partial charge on any atom is -0.392 e. The van der Waals surface area contributed by atoms with Gasteiger partial charge in [0.15, 0.2) is 0 Å². The molecule has 102 valence electrons. The van der Waals surface area contributed by atoms with Crippen molar-refractivity contribution in [3.63, 3.8) is 0 Å². The molecule has 0 aromatic carbocycles. The van der Waals surface area contributed by atoms with Crippen molar-refractivity contribution in [1.82, 2.24) is 9.62 Å². The minimum absolute atomic E-state index is 0.00549. The topological polar surface area (TPSA) is 92.5 Å². The van der Waals surface area contributed by atoms with E-state index in [0.717, 1.165) is 6.42 Å². The number of piperidine rings is 2. The molecule has 2 atom stereocenters. The van der Waals surface area contributed by atoms with E-state index in [1.54, 1.807) is 0 Å². The van der Waals surface area contributed by atoms with Gasteiger partial charge in [-0.1, -0.05) is 12.2 Å². The first-order chi connectivity index (χ1) is 8.38. The molecule has 2 unspecified atom stereocenters. The Labute approximate surface area is 112 Å². The van der Waals surface area contributed by atoms with Crippen LogP contribution in [0, 0.1) is 5.92 Å². The van der Waals surface area contributed by atoms with Crippen molar-refractivity contribution in [3.8, 4) is 0 Å². The summed E-state index contributed by atoms with van der Waals surface area (Å²) < 4.78 is 25.5. The summed E-state index contributed by atoms with van der Waals surface area (Å²) in [6.45, 7) is 0.877. The Morgan fingerprint density at radius 1 is 1.50 bits per heavy atom. The second-order valence-electron chi connectivity index (χ2n) is 4.84. The minimum atomic E-state index is -3.39. The molecule has 2 aliphatic heterocycles. The van der Waals surface area contributed by atoms with Crippen LogP contribution in [0.3, 0.4) is 0 Å². The fourth-order valence-electron chi connectivity index (χ4n) is 2.60. The molecule has 6 nitrogen and oxygen atoms in total. The monoisotopic (exact) mass is 291 g/mol. The Morgan fingerprint density at radius 2 is 2.22 bits per heavy atom. The molecule has 0 saturated carbocycles. The third kappa shape index (κ3) is 2.99. The number of hydrogen-bond donors (Lipinski definition) is 2. The molecule has 3 N–H and O–H groups in total. The van der Waals surface area contributed by atoms with Gasteiger partial charge in [0.25, 0.3) is 0 Å². The molecular weight excluding hydrogens is 274 g/mol. The van der Waals surface area contributed by atoms with Gasteiger partial charge in [0.05, 0.1) is 4.99 Å². The lowest BCUT2D eigenvalue weighted by atomic mass is 9.86. The Kier molecular flexibility index (Phi) is 3.88. The number of nitrogens with two attached hydrogens (primary N) is 1. The molecule has 0 aromatic heterocycles. The molecule has 2 heterocycles. The standard InChI is InChI=1S/C10H17N3O3S2/c11-9(17)6-18(15,16)13-4-3-8-7(5-13)1-2-10(14)12-8/h7-8H,1-6H2,(H2,11,17)(H,12,14). The van der Waals surface area contributed by atoms with E-state index >= 15 is 0 Å². The van der Waals surface area contributed by atoms with E-state index in [0.29, 0.717) is 25.9 Å². The summed E-state index contributed by atoms with van der Waals surface area (Å²) in [7, 11) is -3.39. The highest BCUT2D eigenvalue weighted by molar-refractivity contribution is 7.92. The van der Waals surface area contributed by atoms with Crippen LogP contribution in [0.15, 0.2) is 0 Å². The Balaban J connectivity index is 2.03. The lowest BCUT2D eigenvalue weighted by molar-refractivity contribution is -0.124. The maximum Gasteiger partial charge on any atom is 0.220 e. The summed E-state index contributed by atoms with van der Waals surface area (Å²) in [6.07, 6.45) is 1.88. The average molecular weight is 291 g/mol. The SMILES string of the molecule is NC(=S)CS(=O)(=O)N1CCC2NC(=O)CCC2C1. The first kappa shape index (κ1) is 13.7. The van der Waals surface area contributed by atoms with Crippen molar-refractivity contribution < 1.29 is 13.2 Å². The number of thiocarbonyl (C=S) groups is 1. The largest absolute Gasteiger partial charge is 0.392 e. The number of fused-ring (bicyclic) bond motifs is 1. The van der Waals surface area contributed by atoms with Gasteiger partial charge in [-0.3, -0.25) is 4.79 Å². The first-order valence-electron chi connectivity index (χ1n) is 5.94. The Morgan fingerprint density at radius 3 is 2.89 bits per heavy atom. The van der Waals surface area contributed by atoms with Crippen molar-refractivity contribution in [2.75, 3.05) is 18.8 Å². The average Bonchev–Trinajstić information content (AvgIpc) is 2.26. The van der Waals surface area contributed by atoms with Crippen molar-refractivity contribution >= 4 is 33.1 Å². The zero-order valence-corrected chi connectivity index (χ0v) is 11.6. The maximum atomic E-state index is 12.0.